The van der Waals surface area contributed by atoms with E-state index >= 15 is 0 Å². The van der Waals surface area contributed by atoms with Gasteiger partial charge in [0.2, 0.25) is 0 Å². The molecule has 0 radical (unpaired) electrons. The summed E-state index contributed by atoms with van der Waals surface area (Å²) < 4.78 is 4.55. The van der Waals surface area contributed by atoms with E-state index in [0.717, 1.165) is 0 Å². The summed E-state index contributed by atoms with van der Waals surface area (Å²) in [6.45, 7) is 0. The van der Waals surface area contributed by atoms with Gasteiger partial charge in [-0.25, -0.2) is 9.79 Å². The van der Waals surface area contributed by atoms with Gasteiger partial charge in [0.15, 0.2) is 5.84 Å². The fourth-order valence-electron chi connectivity index (χ4n) is 1.19. The van der Waals surface area contributed by atoms with E-state index in [1.807, 2.05) is 0 Å². The summed E-state index contributed by atoms with van der Waals surface area (Å²) in [5, 5.41) is 7.78. The first kappa shape index (κ1) is 9.08. The molecule has 2 heterocycles. The van der Waals surface area contributed by atoms with Gasteiger partial charge in [0.25, 0.3) is 0 Å². The number of carbonyl (C=O) groups excluding carboxylic acids is 1. The van der Waals surface area contributed by atoms with Crippen LogP contribution in [0.3, 0.4) is 0 Å². The minimum atomic E-state index is -0.502. The molecule has 0 saturated carbocycles. The SMILES string of the molecule is COC(=O)C1=C(Cl)[C@H]2C=NN=C2N=C1. The predicted octanol–water partition coefficient (Wildman–Crippen LogP) is 0.751. The van der Waals surface area contributed by atoms with Gasteiger partial charge >= 0.3 is 5.97 Å². The third kappa shape index (κ3) is 1.26. The molecular formula is C8H6ClN3O2. The maximum atomic E-state index is 11.2. The maximum absolute atomic E-state index is 11.2. The highest BCUT2D eigenvalue weighted by molar-refractivity contribution is 6.40. The molecule has 0 aromatic heterocycles. The van der Waals surface area contributed by atoms with Gasteiger partial charge in [-0.2, -0.15) is 5.10 Å². The van der Waals surface area contributed by atoms with Crippen LogP contribution in [-0.4, -0.2) is 31.3 Å². The van der Waals surface area contributed by atoms with Gasteiger partial charge in [-0.05, 0) is 0 Å². The molecule has 72 valence electrons. The van der Waals surface area contributed by atoms with Crippen LogP contribution in [0.4, 0.5) is 0 Å². The van der Waals surface area contributed by atoms with E-state index in [1.54, 1.807) is 0 Å². The predicted molar refractivity (Wildman–Crippen MR) is 52.8 cm³/mol. The number of methoxy groups -OCH3 is 1. The molecule has 5 nitrogen and oxygen atoms in total. The standard InChI is InChI=1S/C8H6ClN3O2/c1-14-8(13)5-2-10-7-4(6(5)9)3-11-12-7/h2-4H,1H3/t4-/m1/s1. The van der Waals surface area contributed by atoms with Crippen molar-refractivity contribution in [2.24, 2.45) is 21.1 Å². The summed E-state index contributed by atoms with van der Waals surface area (Å²) in [5.74, 6) is -0.295. The zero-order valence-electron chi connectivity index (χ0n) is 7.27. The monoisotopic (exact) mass is 211 g/mol. The number of nitrogens with zero attached hydrogens (tertiary/aromatic N) is 3. The van der Waals surface area contributed by atoms with E-state index in [1.165, 1.54) is 19.5 Å². The molecule has 14 heavy (non-hydrogen) atoms. The number of rotatable bonds is 1. The molecule has 2 aliphatic heterocycles. The Hall–Kier alpha value is -1.49. The van der Waals surface area contributed by atoms with Crippen LogP contribution in [0, 0.1) is 5.92 Å². The molecule has 0 spiro atoms. The third-order valence-electron chi connectivity index (χ3n) is 1.92. The lowest BCUT2D eigenvalue weighted by Crippen LogP contribution is -2.21. The number of ether oxygens (including phenoxy) is 1. The number of halogens is 1. The first-order valence-electron chi connectivity index (χ1n) is 3.87. The average molecular weight is 212 g/mol. The second kappa shape index (κ2) is 3.34. The lowest BCUT2D eigenvalue weighted by molar-refractivity contribution is -0.135. The second-order valence-electron chi connectivity index (χ2n) is 2.71. The lowest BCUT2D eigenvalue weighted by Gasteiger charge is -2.13. The van der Waals surface area contributed by atoms with Crippen molar-refractivity contribution in [2.45, 2.75) is 0 Å². The van der Waals surface area contributed by atoms with Crippen molar-refractivity contribution in [2.75, 3.05) is 7.11 Å². The average Bonchev–Trinajstić information content (AvgIpc) is 2.66. The van der Waals surface area contributed by atoms with E-state index in [9.17, 15) is 4.79 Å². The molecule has 0 N–H and O–H groups in total. The fourth-order valence-corrected chi connectivity index (χ4v) is 1.47. The summed E-state index contributed by atoms with van der Waals surface area (Å²) in [6, 6.07) is 0. The van der Waals surface area contributed by atoms with Crippen molar-refractivity contribution < 1.29 is 9.53 Å². The molecule has 6 heteroatoms. The number of fused-ring (bicyclic) bond motifs is 1. The van der Waals surface area contributed by atoms with Crippen molar-refractivity contribution in [3.05, 3.63) is 10.6 Å². The van der Waals surface area contributed by atoms with Crippen LogP contribution in [0.2, 0.25) is 0 Å². The Labute approximate surface area is 84.8 Å². The van der Waals surface area contributed by atoms with E-state index in [0.29, 0.717) is 10.9 Å². The smallest absolute Gasteiger partial charge is 0.340 e. The van der Waals surface area contributed by atoms with Crippen molar-refractivity contribution >= 4 is 35.8 Å². The van der Waals surface area contributed by atoms with Crippen LogP contribution < -0.4 is 0 Å². The Kier molecular flexibility index (Phi) is 2.17. The molecule has 0 fully saturated rings. The molecular weight excluding hydrogens is 206 g/mol. The Morgan fingerprint density at radius 2 is 2.43 bits per heavy atom. The van der Waals surface area contributed by atoms with Crippen molar-refractivity contribution in [1.82, 2.24) is 0 Å². The normalized spacial score (nSPS) is 23.6. The molecule has 0 bridgehead atoms. The molecule has 0 saturated heterocycles. The summed E-state index contributed by atoms with van der Waals surface area (Å²) in [6.07, 6.45) is 2.88. The van der Waals surface area contributed by atoms with E-state index in [-0.39, 0.29) is 11.5 Å². The van der Waals surface area contributed by atoms with E-state index in [4.69, 9.17) is 11.6 Å². The Bertz CT molecular complexity index is 409. The van der Waals surface area contributed by atoms with Crippen LogP contribution >= 0.6 is 11.6 Å². The van der Waals surface area contributed by atoms with Crippen LogP contribution in [0.5, 0.6) is 0 Å². The topological polar surface area (TPSA) is 63.4 Å². The Morgan fingerprint density at radius 1 is 1.64 bits per heavy atom. The number of aliphatic imine (C=N–C) groups is 1. The number of hydrogen-bond acceptors (Lipinski definition) is 5. The first-order valence-corrected chi connectivity index (χ1v) is 4.25. The van der Waals surface area contributed by atoms with E-state index in [2.05, 4.69) is 19.9 Å². The van der Waals surface area contributed by atoms with Crippen molar-refractivity contribution in [1.29, 1.82) is 0 Å². The highest BCUT2D eigenvalue weighted by Crippen LogP contribution is 2.26. The van der Waals surface area contributed by atoms with Crippen LogP contribution in [0.1, 0.15) is 0 Å². The zero-order chi connectivity index (χ0) is 10.1. The summed E-state index contributed by atoms with van der Waals surface area (Å²) in [5.41, 5.74) is 0.256. The molecule has 0 aliphatic carbocycles. The maximum Gasteiger partial charge on any atom is 0.340 e. The van der Waals surface area contributed by atoms with Crippen LogP contribution in [0.15, 0.2) is 25.8 Å². The van der Waals surface area contributed by atoms with E-state index < -0.39 is 5.97 Å². The largest absolute Gasteiger partial charge is 0.465 e. The third-order valence-corrected chi connectivity index (χ3v) is 2.35. The van der Waals surface area contributed by atoms with Gasteiger partial charge in [0, 0.05) is 12.4 Å². The number of carbonyl (C=O) groups is 1. The van der Waals surface area contributed by atoms with Gasteiger partial charge in [0.05, 0.1) is 23.6 Å². The number of esters is 1. The minimum Gasteiger partial charge on any atom is -0.465 e. The van der Waals surface area contributed by atoms with Gasteiger partial charge in [-0.15, -0.1) is 5.10 Å². The zero-order valence-corrected chi connectivity index (χ0v) is 8.02. The summed E-state index contributed by atoms with van der Waals surface area (Å²) >= 11 is 5.97. The lowest BCUT2D eigenvalue weighted by atomic mass is 10.0. The van der Waals surface area contributed by atoms with Gasteiger partial charge < -0.3 is 4.74 Å². The summed E-state index contributed by atoms with van der Waals surface area (Å²) in [4.78, 5) is 15.2. The molecule has 0 unspecified atom stereocenters. The van der Waals surface area contributed by atoms with Gasteiger partial charge in [-0.3, -0.25) is 0 Å². The molecule has 0 aromatic rings. The Balaban J connectivity index is 2.40. The minimum absolute atomic E-state index is 0.256. The highest BCUT2D eigenvalue weighted by atomic mass is 35.5. The van der Waals surface area contributed by atoms with Gasteiger partial charge in [0.1, 0.15) is 0 Å². The first-order chi connectivity index (χ1) is 6.74. The number of amidine groups is 1. The highest BCUT2D eigenvalue weighted by Gasteiger charge is 2.29. The van der Waals surface area contributed by atoms with Crippen LogP contribution in [0.25, 0.3) is 0 Å². The fraction of sp³-hybridized carbons (Fsp3) is 0.250. The molecule has 2 aliphatic rings. The summed E-state index contributed by atoms with van der Waals surface area (Å²) in [7, 11) is 1.29. The molecule has 0 amide bonds. The second-order valence-corrected chi connectivity index (χ2v) is 3.12. The molecule has 1 atom stereocenters. The quantitative estimate of drug-likeness (QED) is 0.601. The molecule has 2 rings (SSSR count). The van der Waals surface area contributed by atoms with Gasteiger partial charge in [-0.1, -0.05) is 11.6 Å². The number of hydrogen-bond donors (Lipinski definition) is 0. The molecule has 0 aromatic carbocycles. The Morgan fingerprint density at radius 3 is 3.14 bits per heavy atom. The van der Waals surface area contributed by atoms with Crippen molar-refractivity contribution in [3.63, 3.8) is 0 Å². The number of dihydropyridines is 1. The van der Waals surface area contributed by atoms with Crippen molar-refractivity contribution in [3.8, 4) is 0 Å². The van der Waals surface area contributed by atoms with Crippen LogP contribution in [-0.2, 0) is 9.53 Å².